The van der Waals surface area contributed by atoms with Gasteiger partial charge < -0.3 is 5.32 Å². The van der Waals surface area contributed by atoms with Crippen LogP contribution in [0.4, 0.5) is 11.4 Å². The summed E-state index contributed by atoms with van der Waals surface area (Å²) in [5, 5.41) is 23.9. The van der Waals surface area contributed by atoms with E-state index in [2.05, 4.69) is 17.5 Å². The summed E-state index contributed by atoms with van der Waals surface area (Å²) >= 11 is 22.6. The van der Waals surface area contributed by atoms with Crippen LogP contribution in [0.3, 0.4) is 0 Å². The Morgan fingerprint density at radius 3 is 1.91 bits per heavy atom. The number of rotatable bonds is 6. The summed E-state index contributed by atoms with van der Waals surface area (Å²) in [6.45, 7) is 0. The molecular weight excluding hydrogens is 525 g/mol. The number of nitrogens with one attached hydrogen (secondary N) is 1. The van der Waals surface area contributed by atoms with Crippen LogP contribution in [0.2, 0.25) is 15.1 Å². The van der Waals surface area contributed by atoms with Gasteiger partial charge in [0.15, 0.2) is 0 Å². The van der Waals surface area contributed by atoms with Crippen LogP contribution in [0.1, 0.15) is 11.1 Å². The summed E-state index contributed by atoms with van der Waals surface area (Å²) < 4.78 is 0. The van der Waals surface area contributed by atoms with Crippen LogP contribution >= 0.6 is 58.3 Å². The number of benzene rings is 4. The molecule has 0 bridgehead atoms. The van der Waals surface area contributed by atoms with Crippen LogP contribution in [0.15, 0.2) is 98.4 Å². The van der Waals surface area contributed by atoms with Crippen molar-refractivity contribution in [2.75, 3.05) is 5.32 Å². The van der Waals surface area contributed by atoms with Crippen LogP contribution in [-0.2, 0) is 0 Å². The number of nitrogens with zero attached hydrogens (tertiary/aromatic N) is 2. The Hall–Kier alpha value is -2.77. The van der Waals surface area contributed by atoms with E-state index in [4.69, 9.17) is 34.8 Å². The van der Waals surface area contributed by atoms with E-state index in [9.17, 15) is 10.5 Å². The Kier molecular flexibility index (Phi) is 7.95. The SMILES string of the molecule is N#Cc1cccc(Nc2cc(Cl)c(Sc3ccccc3Cl)c(Sc3ccccc3Cl)c2)c1C#N. The molecule has 0 aliphatic carbocycles. The summed E-state index contributed by atoms with van der Waals surface area (Å²) in [6.07, 6.45) is 0. The molecule has 0 amide bonds. The van der Waals surface area contributed by atoms with Gasteiger partial charge in [-0.25, -0.2) is 0 Å². The van der Waals surface area contributed by atoms with E-state index in [1.807, 2.05) is 54.6 Å². The van der Waals surface area contributed by atoms with Gasteiger partial charge in [0.1, 0.15) is 12.1 Å². The fourth-order valence-electron chi connectivity index (χ4n) is 3.12. The molecule has 0 heterocycles. The fraction of sp³-hybridized carbons (Fsp3) is 0. The average Bonchev–Trinajstić information content (AvgIpc) is 2.83. The van der Waals surface area contributed by atoms with E-state index >= 15 is 0 Å². The van der Waals surface area contributed by atoms with Crippen LogP contribution in [-0.4, -0.2) is 0 Å². The number of hydrogen-bond donors (Lipinski definition) is 1. The normalized spacial score (nSPS) is 10.4. The minimum absolute atomic E-state index is 0.274. The molecule has 8 heteroatoms. The zero-order chi connectivity index (χ0) is 24.1. The summed E-state index contributed by atoms with van der Waals surface area (Å²) in [5.74, 6) is 0. The number of nitriles is 2. The highest BCUT2D eigenvalue weighted by molar-refractivity contribution is 8.02. The van der Waals surface area contributed by atoms with Crippen molar-refractivity contribution in [3.8, 4) is 12.1 Å². The zero-order valence-corrected chi connectivity index (χ0v) is 21.3. The summed E-state index contributed by atoms with van der Waals surface area (Å²) in [4.78, 5) is 3.45. The molecule has 0 fully saturated rings. The maximum atomic E-state index is 9.58. The van der Waals surface area contributed by atoms with E-state index in [1.54, 1.807) is 24.3 Å². The third-order valence-corrected chi connectivity index (χ3v) is 8.45. The molecule has 1 N–H and O–H groups in total. The van der Waals surface area contributed by atoms with Gasteiger partial charge in [-0.15, -0.1) is 0 Å². The second kappa shape index (κ2) is 11.1. The summed E-state index contributed by atoms with van der Waals surface area (Å²) in [5.41, 5.74) is 1.78. The third kappa shape index (κ3) is 5.47. The summed E-state index contributed by atoms with van der Waals surface area (Å²) in [6, 6.07) is 28.1. The van der Waals surface area contributed by atoms with E-state index < -0.39 is 0 Å². The Labute approximate surface area is 221 Å². The van der Waals surface area contributed by atoms with Crippen molar-refractivity contribution in [3.63, 3.8) is 0 Å². The monoisotopic (exact) mass is 537 g/mol. The number of anilines is 2. The van der Waals surface area contributed by atoms with Gasteiger partial charge >= 0.3 is 0 Å². The van der Waals surface area contributed by atoms with Crippen LogP contribution in [0.5, 0.6) is 0 Å². The fourth-order valence-corrected chi connectivity index (χ4v) is 6.05. The Bertz CT molecular complexity index is 1460. The van der Waals surface area contributed by atoms with Crippen molar-refractivity contribution in [3.05, 3.63) is 105 Å². The van der Waals surface area contributed by atoms with Gasteiger partial charge in [-0.05, 0) is 48.5 Å². The number of hydrogen-bond acceptors (Lipinski definition) is 5. The maximum absolute atomic E-state index is 9.58. The molecular formula is C26H14Cl3N3S2. The van der Waals surface area contributed by atoms with Gasteiger partial charge in [0, 0.05) is 25.3 Å². The van der Waals surface area contributed by atoms with Crippen LogP contribution in [0, 0.1) is 22.7 Å². The molecule has 3 nitrogen and oxygen atoms in total. The number of halogens is 3. The lowest BCUT2D eigenvalue weighted by Gasteiger charge is -2.16. The Morgan fingerprint density at radius 2 is 1.29 bits per heavy atom. The van der Waals surface area contributed by atoms with Crippen molar-refractivity contribution in [2.24, 2.45) is 0 Å². The standard InChI is InChI=1S/C26H14Cl3N3S2/c27-19-7-1-3-10-23(19)33-25-13-17(32-22-9-5-6-16(14-30)18(22)15-31)12-21(29)26(25)34-24-11-4-2-8-20(24)28/h1-13,32H. The van der Waals surface area contributed by atoms with Crippen molar-refractivity contribution >= 4 is 69.7 Å². The molecule has 0 unspecified atom stereocenters. The largest absolute Gasteiger partial charge is 0.354 e. The molecule has 0 saturated carbocycles. The average molecular weight is 539 g/mol. The van der Waals surface area contributed by atoms with Crippen molar-refractivity contribution in [1.82, 2.24) is 0 Å². The lowest BCUT2D eigenvalue weighted by atomic mass is 10.1. The minimum atomic E-state index is 0.274. The van der Waals surface area contributed by atoms with Gasteiger partial charge in [-0.3, -0.25) is 0 Å². The Morgan fingerprint density at radius 1 is 0.647 bits per heavy atom. The highest BCUT2D eigenvalue weighted by atomic mass is 35.5. The molecule has 34 heavy (non-hydrogen) atoms. The van der Waals surface area contributed by atoms with Crippen LogP contribution in [0.25, 0.3) is 0 Å². The predicted molar refractivity (Wildman–Crippen MR) is 142 cm³/mol. The van der Waals surface area contributed by atoms with Gasteiger partial charge in [0.05, 0.1) is 31.9 Å². The lowest BCUT2D eigenvalue weighted by molar-refractivity contribution is 1.23. The Balaban J connectivity index is 1.79. The third-order valence-electron chi connectivity index (χ3n) is 4.69. The molecule has 4 rings (SSSR count). The highest BCUT2D eigenvalue weighted by Gasteiger charge is 2.17. The van der Waals surface area contributed by atoms with Crippen molar-refractivity contribution in [1.29, 1.82) is 10.5 Å². The van der Waals surface area contributed by atoms with E-state index in [0.29, 0.717) is 32.0 Å². The topological polar surface area (TPSA) is 59.6 Å². The second-order valence-electron chi connectivity index (χ2n) is 6.93. The molecule has 0 radical (unpaired) electrons. The van der Waals surface area contributed by atoms with E-state index in [0.717, 1.165) is 19.6 Å². The molecule has 0 saturated heterocycles. The first-order chi connectivity index (χ1) is 16.5. The molecule has 4 aromatic rings. The predicted octanol–water partition coefficient (Wildman–Crippen LogP) is 9.44. The maximum Gasteiger partial charge on any atom is 0.103 e. The van der Waals surface area contributed by atoms with Crippen molar-refractivity contribution < 1.29 is 0 Å². The smallest absolute Gasteiger partial charge is 0.103 e. The van der Waals surface area contributed by atoms with Gasteiger partial charge in [-0.2, -0.15) is 10.5 Å². The molecule has 4 aromatic carbocycles. The van der Waals surface area contributed by atoms with E-state index in [1.165, 1.54) is 23.5 Å². The molecule has 0 aliphatic rings. The lowest BCUT2D eigenvalue weighted by Crippen LogP contribution is -1.97. The molecule has 0 atom stereocenters. The second-order valence-corrected chi connectivity index (χ2v) is 10.3. The van der Waals surface area contributed by atoms with Gasteiger partial charge in [-0.1, -0.05) is 88.7 Å². The highest BCUT2D eigenvalue weighted by Crippen LogP contribution is 2.47. The minimum Gasteiger partial charge on any atom is -0.354 e. The summed E-state index contributed by atoms with van der Waals surface area (Å²) in [7, 11) is 0. The first kappa shape index (κ1) is 24.4. The van der Waals surface area contributed by atoms with Crippen LogP contribution < -0.4 is 5.32 Å². The quantitative estimate of drug-likeness (QED) is 0.265. The van der Waals surface area contributed by atoms with Gasteiger partial charge in [0.2, 0.25) is 0 Å². The molecule has 166 valence electrons. The first-order valence-corrected chi connectivity index (χ1v) is 12.7. The molecule has 0 aliphatic heterocycles. The van der Waals surface area contributed by atoms with Crippen molar-refractivity contribution in [2.45, 2.75) is 19.6 Å². The van der Waals surface area contributed by atoms with Gasteiger partial charge in [0.25, 0.3) is 0 Å². The first-order valence-electron chi connectivity index (χ1n) is 9.88. The van der Waals surface area contributed by atoms with E-state index in [-0.39, 0.29) is 5.56 Å². The molecule has 0 spiro atoms. The zero-order valence-electron chi connectivity index (χ0n) is 17.4. The molecule has 0 aromatic heterocycles.